The Morgan fingerprint density at radius 3 is 1.81 bits per heavy atom. The van der Waals surface area contributed by atoms with Crippen LogP contribution in [-0.2, 0) is 19.1 Å². The van der Waals surface area contributed by atoms with Gasteiger partial charge in [0.1, 0.15) is 6.54 Å². The summed E-state index contributed by atoms with van der Waals surface area (Å²) >= 11 is 0. The van der Waals surface area contributed by atoms with Crippen molar-refractivity contribution in [3.05, 3.63) is 36.5 Å². The van der Waals surface area contributed by atoms with Crippen LogP contribution in [0, 0.1) is 0 Å². The van der Waals surface area contributed by atoms with Crippen LogP contribution in [0.4, 0.5) is 0 Å². The Hall–Kier alpha value is -2.41. The van der Waals surface area contributed by atoms with E-state index < -0.39 is 24.0 Å². The molecular weight excluding hydrogens is 338 g/mol. The molecule has 0 saturated carbocycles. The summed E-state index contributed by atoms with van der Waals surface area (Å²) in [6, 6.07) is 0. The van der Waals surface area contributed by atoms with Crippen molar-refractivity contribution < 1.29 is 33.8 Å². The molecule has 26 heavy (non-hydrogen) atoms. The van der Waals surface area contributed by atoms with Crippen LogP contribution in [0.1, 0.15) is 32.1 Å². The summed E-state index contributed by atoms with van der Waals surface area (Å²) < 4.78 is 5.77. The van der Waals surface area contributed by atoms with Crippen molar-refractivity contribution in [1.29, 1.82) is 0 Å². The number of likely N-dealkylation sites (N-methyl/N-ethyl adjacent to an activating group) is 1. The zero-order valence-electron chi connectivity index (χ0n) is 15.8. The van der Waals surface area contributed by atoms with E-state index in [-0.39, 0.29) is 19.3 Å². The Bertz CT molecular complexity index is 543. The highest BCUT2D eigenvalue weighted by Gasteiger charge is 2.24. The molecule has 1 atom stereocenters. The fourth-order valence-electron chi connectivity index (χ4n) is 2.09. The molecule has 7 heteroatoms. The first kappa shape index (κ1) is 23.6. The van der Waals surface area contributed by atoms with E-state index in [1.165, 1.54) is 0 Å². The lowest BCUT2D eigenvalue weighted by molar-refractivity contribution is -0.873. The lowest BCUT2D eigenvalue weighted by Gasteiger charge is -2.28. The standard InChI is InChI=1S/C19H29NO6/c1-20(2,3)15-16(14-18(23)24)26-19(25)13-11-9-7-5-4-6-8-10-12-17(21)22/h4-5,8-11,16H,6-7,12-15H2,1-3H3,(H-,21,22,23,24)/p+1/b5-4+,10-8+,11-9+. The Morgan fingerprint density at radius 1 is 0.846 bits per heavy atom. The van der Waals surface area contributed by atoms with E-state index in [9.17, 15) is 14.4 Å². The Labute approximate surface area is 154 Å². The number of esters is 1. The number of aliphatic carboxylic acids is 2. The third-order valence-electron chi connectivity index (χ3n) is 3.07. The first-order valence-corrected chi connectivity index (χ1v) is 8.48. The minimum Gasteiger partial charge on any atom is -0.481 e. The largest absolute Gasteiger partial charge is 0.481 e. The quantitative estimate of drug-likeness (QED) is 0.294. The van der Waals surface area contributed by atoms with E-state index in [0.717, 1.165) is 0 Å². The first-order valence-electron chi connectivity index (χ1n) is 8.48. The van der Waals surface area contributed by atoms with Gasteiger partial charge in [-0.05, 0) is 12.8 Å². The molecule has 0 heterocycles. The van der Waals surface area contributed by atoms with E-state index in [4.69, 9.17) is 14.9 Å². The molecule has 0 aliphatic heterocycles. The molecule has 0 aliphatic rings. The van der Waals surface area contributed by atoms with Gasteiger partial charge in [-0.2, -0.15) is 0 Å². The fraction of sp³-hybridized carbons (Fsp3) is 0.526. The lowest BCUT2D eigenvalue weighted by Crippen LogP contribution is -2.43. The maximum Gasteiger partial charge on any atom is 0.310 e. The van der Waals surface area contributed by atoms with Gasteiger partial charge in [0.15, 0.2) is 6.10 Å². The number of hydrogen-bond acceptors (Lipinski definition) is 4. The molecule has 0 spiro atoms. The smallest absolute Gasteiger partial charge is 0.310 e. The van der Waals surface area contributed by atoms with Gasteiger partial charge in [0.2, 0.25) is 0 Å². The van der Waals surface area contributed by atoms with Gasteiger partial charge in [0.05, 0.1) is 40.4 Å². The highest BCUT2D eigenvalue weighted by atomic mass is 16.5. The minimum atomic E-state index is -0.991. The van der Waals surface area contributed by atoms with Crippen molar-refractivity contribution in [2.75, 3.05) is 27.7 Å². The number of carbonyl (C=O) groups excluding carboxylic acids is 1. The molecule has 0 rings (SSSR count). The number of rotatable bonds is 13. The highest BCUT2D eigenvalue weighted by molar-refractivity contribution is 5.72. The van der Waals surface area contributed by atoms with Gasteiger partial charge in [-0.15, -0.1) is 0 Å². The molecule has 0 aromatic carbocycles. The predicted molar refractivity (Wildman–Crippen MR) is 98.6 cm³/mol. The average molecular weight is 368 g/mol. The molecule has 0 aromatic heterocycles. The summed E-state index contributed by atoms with van der Waals surface area (Å²) in [5, 5.41) is 17.4. The van der Waals surface area contributed by atoms with Crippen LogP contribution in [0.2, 0.25) is 0 Å². The number of carbonyl (C=O) groups is 3. The van der Waals surface area contributed by atoms with Gasteiger partial charge < -0.3 is 19.4 Å². The Balaban J connectivity index is 4.13. The van der Waals surface area contributed by atoms with Crippen molar-refractivity contribution in [2.24, 2.45) is 0 Å². The molecule has 0 saturated heterocycles. The third kappa shape index (κ3) is 16.4. The van der Waals surface area contributed by atoms with Crippen LogP contribution >= 0.6 is 0 Å². The predicted octanol–water partition coefficient (Wildman–Crippen LogP) is 2.39. The maximum absolute atomic E-state index is 11.8. The number of allylic oxidation sites excluding steroid dienone is 4. The Kier molecular flexibility index (Phi) is 11.7. The van der Waals surface area contributed by atoms with Crippen LogP contribution in [0.3, 0.4) is 0 Å². The zero-order chi connectivity index (χ0) is 20.0. The number of nitrogens with zero attached hydrogens (tertiary/aromatic N) is 1. The number of quaternary nitrogens is 1. The third-order valence-corrected chi connectivity index (χ3v) is 3.07. The molecule has 0 bridgehead atoms. The summed E-state index contributed by atoms with van der Waals surface area (Å²) in [7, 11) is 5.73. The van der Waals surface area contributed by atoms with E-state index in [0.29, 0.717) is 23.9 Å². The van der Waals surface area contributed by atoms with Crippen LogP contribution in [0.15, 0.2) is 36.5 Å². The number of hydrogen-bond donors (Lipinski definition) is 2. The van der Waals surface area contributed by atoms with Gasteiger partial charge >= 0.3 is 17.9 Å². The summed E-state index contributed by atoms with van der Waals surface area (Å²) in [5.74, 6) is -2.29. The van der Waals surface area contributed by atoms with Gasteiger partial charge in [-0.1, -0.05) is 36.5 Å². The van der Waals surface area contributed by atoms with Crippen molar-refractivity contribution in [1.82, 2.24) is 0 Å². The zero-order valence-corrected chi connectivity index (χ0v) is 15.8. The average Bonchev–Trinajstić information content (AvgIpc) is 2.46. The van der Waals surface area contributed by atoms with Crippen LogP contribution in [-0.4, -0.2) is 66.4 Å². The fourth-order valence-corrected chi connectivity index (χ4v) is 2.09. The van der Waals surface area contributed by atoms with Crippen molar-refractivity contribution in [3.8, 4) is 0 Å². The summed E-state index contributed by atoms with van der Waals surface area (Å²) in [5.41, 5.74) is 0. The Morgan fingerprint density at radius 2 is 1.35 bits per heavy atom. The van der Waals surface area contributed by atoms with Crippen LogP contribution in [0.25, 0.3) is 0 Å². The van der Waals surface area contributed by atoms with Gasteiger partial charge in [0, 0.05) is 0 Å². The molecule has 2 N–H and O–H groups in total. The molecule has 0 aromatic rings. The monoisotopic (exact) mass is 368 g/mol. The van der Waals surface area contributed by atoms with Crippen molar-refractivity contribution in [3.63, 3.8) is 0 Å². The maximum atomic E-state index is 11.8. The molecule has 0 amide bonds. The van der Waals surface area contributed by atoms with Gasteiger partial charge in [0.25, 0.3) is 0 Å². The highest BCUT2D eigenvalue weighted by Crippen LogP contribution is 2.07. The molecule has 0 aliphatic carbocycles. The topological polar surface area (TPSA) is 101 Å². The van der Waals surface area contributed by atoms with Crippen LogP contribution < -0.4 is 0 Å². The number of ether oxygens (including phenoxy) is 1. The number of carboxylic acid groups (broad SMARTS) is 2. The second-order valence-corrected chi connectivity index (χ2v) is 6.87. The van der Waals surface area contributed by atoms with E-state index in [1.54, 1.807) is 18.2 Å². The van der Waals surface area contributed by atoms with E-state index >= 15 is 0 Å². The summed E-state index contributed by atoms with van der Waals surface area (Å²) in [4.78, 5) is 33.0. The molecule has 1 unspecified atom stereocenters. The first-order chi connectivity index (χ1) is 12.1. The SMILES string of the molecule is C[N+](C)(C)CC(CC(=O)O)OC(=O)C/C=C/C/C=C/C/C=C/CC(=O)O. The lowest BCUT2D eigenvalue weighted by atomic mass is 10.2. The second-order valence-electron chi connectivity index (χ2n) is 6.87. The molecule has 7 nitrogen and oxygen atoms in total. The second kappa shape index (κ2) is 12.9. The van der Waals surface area contributed by atoms with Gasteiger partial charge in [-0.25, -0.2) is 0 Å². The van der Waals surface area contributed by atoms with E-state index in [2.05, 4.69) is 0 Å². The molecule has 146 valence electrons. The van der Waals surface area contributed by atoms with Crippen molar-refractivity contribution in [2.45, 2.75) is 38.2 Å². The normalized spacial score (nSPS) is 13.5. The molecule has 0 fully saturated rings. The van der Waals surface area contributed by atoms with Gasteiger partial charge in [-0.3, -0.25) is 14.4 Å². The van der Waals surface area contributed by atoms with Crippen LogP contribution in [0.5, 0.6) is 0 Å². The summed E-state index contributed by atoms with van der Waals surface area (Å²) in [6.45, 7) is 0.430. The molecular formula is C19H30NO6+. The van der Waals surface area contributed by atoms with E-state index in [1.807, 2.05) is 39.4 Å². The number of carboxylic acids is 2. The van der Waals surface area contributed by atoms with Crippen molar-refractivity contribution >= 4 is 17.9 Å². The molecule has 0 radical (unpaired) electrons. The summed E-state index contributed by atoms with van der Waals surface area (Å²) in [6.07, 6.45) is 11.3. The minimum absolute atomic E-state index is 0.0207.